The van der Waals surface area contributed by atoms with Crippen LogP contribution in [-0.4, -0.2) is 33.4 Å². The van der Waals surface area contributed by atoms with Crippen LogP contribution in [0.2, 0.25) is 0 Å². The summed E-state index contributed by atoms with van der Waals surface area (Å²) in [6.07, 6.45) is 2.18. The van der Waals surface area contributed by atoms with Gasteiger partial charge in [0.15, 0.2) is 0 Å². The lowest BCUT2D eigenvalue weighted by molar-refractivity contribution is -0.133. The SMILES string of the molecule is CC1CCN(C(=O)Cn2c(-c3cccc(Br)c3)nc3ccccc32)CC1. The number of benzene rings is 2. The van der Waals surface area contributed by atoms with Crippen molar-refractivity contribution in [2.24, 2.45) is 5.92 Å². The standard InChI is InChI=1S/C21H22BrN3O/c1-15-9-11-24(12-10-15)20(26)14-25-19-8-3-2-7-18(19)23-21(25)16-5-4-6-17(22)13-16/h2-8,13,15H,9-12,14H2,1H3. The number of imidazole rings is 1. The molecular weight excluding hydrogens is 390 g/mol. The summed E-state index contributed by atoms with van der Waals surface area (Å²) in [5, 5.41) is 0. The van der Waals surface area contributed by atoms with Gasteiger partial charge in [-0.05, 0) is 43.0 Å². The maximum absolute atomic E-state index is 12.9. The Balaban J connectivity index is 1.71. The second-order valence-corrected chi connectivity index (χ2v) is 8.00. The highest BCUT2D eigenvalue weighted by Gasteiger charge is 2.22. The highest BCUT2D eigenvalue weighted by atomic mass is 79.9. The van der Waals surface area contributed by atoms with Crippen molar-refractivity contribution in [2.75, 3.05) is 13.1 Å². The van der Waals surface area contributed by atoms with Crippen molar-refractivity contribution in [1.29, 1.82) is 0 Å². The predicted molar refractivity (Wildman–Crippen MR) is 108 cm³/mol. The summed E-state index contributed by atoms with van der Waals surface area (Å²) in [5.74, 6) is 1.73. The Morgan fingerprint density at radius 1 is 1.15 bits per heavy atom. The number of halogens is 1. The fourth-order valence-corrected chi connectivity index (χ4v) is 3.98. The van der Waals surface area contributed by atoms with Crippen molar-refractivity contribution >= 4 is 32.9 Å². The highest BCUT2D eigenvalue weighted by Crippen LogP contribution is 2.27. The van der Waals surface area contributed by atoms with Crippen LogP contribution in [0.4, 0.5) is 0 Å². The average molecular weight is 412 g/mol. The molecule has 4 nitrogen and oxygen atoms in total. The summed E-state index contributed by atoms with van der Waals surface area (Å²) < 4.78 is 3.06. The van der Waals surface area contributed by atoms with Gasteiger partial charge < -0.3 is 9.47 Å². The van der Waals surface area contributed by atoms with Crippen LogP contribution in [0, 0.1) is 5.92 Å². The molecule has 1 saturated heterocycles. The Labute approximate surface area is 162 Å². The number of hydrogen-bond acceptors (Lipinski definition) is 2. The van der Waals surface area contributed by atoms with Gasteiger partial charge in [-0.25, -0.2) is 4.98 Å². The van der Waals surface area contributed by atoms with Crippen LogP contribution in [0.15, 0.2) is 53.0 Å². The summed E-state index contributed by atoms with van der Waals surface area (Å²) in [6, 6.07) is 16.1. The predicted octanol–water partition coefficient (Wildman–Crippen LogP) is 4.72. The maximum Gasteiger partial charge on any atom is 0.242 e. The van der Waals surface area contributed by atoms with Crippen molar-refractivity contribution in [3.8, 4) is 11.4 Å². The largest absolute Gasteiger partial charge is 0.341 e. The third kappa shape index (κ3) is 3.40. The zero-order valence-corrected chi connectivity index (χ0v) is 16.4. The molecule has 0 atom stereocenters. The van der Waals surface area contributed by atoms with Crippen LogP contribution in [0.5, 0.6) is 0 Å². The molecule has 0 N–H and O–H groups in total. The number of likely N-dealkylation sites (tertiary alicyclic amines) is 1. The van der Waals surface area contributed by atoms with E-state index in [0.717, 1.165) is 52.8 Å². The van der Waals surface area contributed by atoms with E-state index in [1.165, 1.54) is 0 Å². The van der Waals surface area contributed by atoms with Crippen LogP contribution < -0.4 is 0 Å². The van der Waals surface area contributed by atoms with Crippen LogP contribution in [0.25, 0.3) is 22.4 Å². The molecule has 1 amide bonds. The van der Waals surface area contributed by atoms with Crippen molar-refractivity contribution in [2.45, 2.75) is 26.3 Å². The highest BCUT2D eigenvalue weighted by molar-refractivity contribution is 9.10. The number of piperidine rings is 1. The molecule has 5 heteroatoms. The Morgan fingerprint density at radius 3 is 2.69 bits per heavy atom. The first-order chi connectivity index (χ1) is 12.6. The first-order valence-corrected chi connectivity index (χ1v) is 9.90. The average Bonchev–Trinajstić information content (AvgIpc) is 3.01. The number of nitrogens with zero attached hydrogens (tertiary/aromatic N) is 3. The molecule has 26 heavy (non-hydrogen) atoms. The number of carbonyl (C=O) groups is 1. The van der Waals surface area contributed by atoms with E-state index in [9.17, 15) is 4.79 Å². The molecule has 2 aromatic carbocycles. The quantitative estimate of drug-likeness (QED) is 0.624. The molecule has 0 unspecified atom stereocenters. The molecular formula is C21H22BrN3O. The number of carbonyl (C=O) groups excluding carboxylic acids is 1. The zero-order chi connectivity index (χ0) is 18.1. The van der Waals surface area contributed by atoms with E-state index in [2.05, 4.69) is 27.4 Å². The van der Waals surface area contributed by atoms with Gasteiger partial charge in [0.25, 0.3) is 0 Å². The molecule has 134 valence electrons. The van der Waals surface area contributed by atoms with Gasteiger partial charge in [-0.2, -0.15) is 0 Å². The van der Waals surface area contributed by atoms with Gasteiger partial charge in [0.2, 0.25) is 5.91 Å². The van der Waals surface area contributed by atoms with Gasteiger partial charge in [-0.3, -0.25) is 4.79 Å². The van der Waals surface area contributed by atoms with Crippen LogP contribution in [0.3, 0.4) is 0 Å². The van der Waals surface area contributed by atoms with Gasteiger partial charge >= 0.3 is 0 Å². The third-order valence-corrected chi connectivity index (χ3v) is 5.66. The van der Waals surface area contributed by atoms with E-state index < -0.39 is 0 Å². The number of hydrogen-bond donors (Lipinski definition) is 0. The van der Waals surface area contributed by atoms with Crippen molar-refractivity contribution in [1.82, 2.24) is 14.5 Å². The van der Waals surface area contributed by atoms with E-state index >= 15 is 0 Å². The lowest BCUT2D eigenvalue weighted by Crippen LogP contribution is -2.39. The van der Waals surface area contributed by atoms with Gasteiger partial charge in [0.1, 0.15) is 12.4 Å². The van der Waals surface area contributed by atoms with Crippen LogP contribution >= 0.6 is 15.9 Å². The number of rotatable bonds is 3. The Kier molecular flexibility index (Phi) is 4.81. The molecule has 0 aliphatic carbocycles. The van der Waals surface area contributed by atoms with Gasteiger partial charge in [-0.1, -0.05) is 47.1 Å². The first-order valence-electron chi connectivity index (χ1n) is 9.11. The van der Waals surface area contributed by atoms with Gasteiger partial charge in [0, 0.05) is 23.1 Å². The minimum Gasteiger partial charge on any atom is -0.341 e. The monoisotopic (exact) mass is 411 g/mol. The summed E-state index contributed by atoms with van der Waals surface area (Å²) in [4.78, 5) is 19.7. The molecule has 1 aliphatic rings. The lowest BCUT2D eigenvalue weighted by Gasteiger charge is -2.30. The van der Waals surface area contributed by atoms with Crippen molar-refractivity contribution in [3.05, 3.63) is 53.0 Å². The lowest BCUT2D eigenvalue weighted by atomic mass is 9.99. The molecule has 0 radical (unpaired) electrons. The summed E-state index contributed by atoms with van der Waals surface area (Å²) in [6.45, 7) is 4.31. The van der Waals surface area contributed by atoms with Gasteiger partial charge in [-0.15, -0.1) is 0 Å². The van der Waals surface area contributed by atoms with Crippen LogP contribution in [0.1, 0.15) is 19.8 Å². The number of amides is 1. The van der Waals surface area contributed by atoms with Gasteiger partial charge in [0.05, 0.1) is 11.0 Å². The fraction of sp³-hybridized carbons (Fsp3) is 0.333. The van der Waals surface area contributed by atoms with E-state index in [1.807, 2.05) is 53.4 Å². The molecule has 4 rings (SSSR count). The molecule has 2 heterocycles. The summed E-state index contributed by atoms with van der Waals surface area (Å²) in [7, 11) is 0. The second-order valence-electron chi connectivity index (χ2n) is 7.08. The molecule has 0 saturated carbocycles. The van der Waals surface area contributed by atoms with E-state index in [4.69, 9.17) is 4.98 Å². The summed E-state index contributed by atoms with van der Waals surface area (Å²) >= 11 is 3.53. The smallest absolute Gasteiger partial charge is 0.242 e. The molecule has 0 spiro atoms. The molecule has 1 fully saturated rings. The van der Waals surface area contributed by atoms with E-state index in [0.29, 0.717) is 12.5 Å². The van der Waals surface area contributed by atoms with E-state index in [-0.39, 0.29) is 5.91 Å². The normalized spacial score (nSPS) is 15.5. The number of para-hydroxylation sites is 2. The molecule has 3 aromatic rings. The van der Waals surface area contributed by atoms with Crippen LogP contribution in [-0.2, 0) is 11.3 Å². The maximum atomic E-state index is 12.9. The Morgan fingerprint density at radius 2 is 1.92 bits per heavy atom. The van der Waals surface area contributed by atoms with Crippen molar-refractivity contribution < 1.29 is 4.79 Å². The molecule has 1 aromatic heterocycles. The molecule has 1 aliphatic heterocycles. The van der Waals surface area contributed by atoms with Crippen molar-refractivity contribution in [3.63, 3.8) is 0 Å². The Bertz CT molecular complexity index is 941. The fourth-order valence-electron chi connectivity index (χ4n) is 3.58. The third-order valence-electron chi connectivity index (χ3n) is 5.17. The minimum absolute atomic E-state index is 0.177. The Hall–Kier alpha value is -2.14. The minimum atomic E-state index is 0.177. The summed E-state index contributed by atoms with van der Waals surface area (Å²) in [5.41, 5.74) is 2.93. The first kappa shape index (κ1) is 17.3. The van der Waals surface area contributed by atoms with E-state index in [1.54, 1.807) is 0 Å². The number of aromatic nitrogens is 2. The number of fused-ring (bicyclic) bond motifs is 1. The molecule has 0 bridgehead atoms. The zero-order valence-electron chi connectivity index (χ0n) is 14.9. The second kappa shape index (κ2) is 7.23. The topological polar surface area (TPSA) is 38.1 Å².